The molecule has 0 aliphatic rings. The monoisotopic (exact) mass is 304 g/mol. The minimum atomic E-state index is -2.11. The van der Waals surface area contributed by atoms with E-state index in [0.29, 0.717) is 11.6 Å². The third-order valence-corrected chi connectivity index (χ3v) is 2.69. The predicted octanol–water partition coefficient (Wildman–Crippen LogP) is 3.73. The lowest BCUT2D eigenvalue weighted by atomic mass is 10.2. The number of carbonyl (C=O) groups excluding carboxylic acids is 1. The van der Waals surface area contributed by atoms with Gasteiger partial charge in [0.1, 0.15) is 5.82 Å². The van der Waals surface area contributed by atoms with Gasteiger partial charge in [0.15, 0.2) is 5.82 Å². The summed E-state index contributed by atoms with van der Waals surface area (Å²) < 4.78 is -2.11. The molecule has 2 rings (SSSR count). The van der Waals surface area contributed by atoms with Crippen molar-refractivity contribution in [3.63, 3.8) is 0 Å². The molecule has 1 amide bonds. The van der Waals surface area contributed by atoms with Crippen molar-refractivity contribution in [1.82, 2.24) is 4.98 Å². The van der Waals surface area contributed by atoms with E-state index in [0.717, 1.165) is 10.8 Å². The number of fused-ring (bicyclic) bond motifs is 1. The van der Waals surface area contributed by atoms with Gasteiger partial charge in [0.25, 0.3) is 3.79 Å². The van der Waals surface area contributed by atoms with Crippen LogP contribution in [0.1, 0.15) is 0 Å². The van der Waals surface area contributed by atoms with Gasteiger partial charge in [-0.25, -0.2) is 0 Å². The zero-order valence-corrected chi connectivity index (χ0v) is 11.1. The number of nitrogen functional groups attached to an aromatic ring is 1. The van der Waals surface area contributed by atoms with Gasteiger partial charge in [-0.2, -0.15) is 0 Å². The fourth-order valence-electron chi connectivity index (χ4n) is 1.42. The number of halogens is 3. The SMILES string of the molecule is Nc1[nH]c(N=NC(=O)C(Cl)(Cl)Cl)c2ccccc12. The van der Waals surface area contributed by atoms with Crippen molar-refractivity contribution >= 4 is 63.1 Å². The van der Waals surface area contributed by atoms with Gasteiger partial charge in [-0.3, -0.25) is 4.79 Å². The molecule has 0 radical (unpaired) electrons. The van der Waals surface area contributed by atoms with Crippen molar-refractivity contribution in [3.8, 4) is 0 Å². The van der Waals surface area contributed by atoms with Crippen LogP contribution >= 0.6 is 34.8 Å². The number of carbonyl (C=O) groups is 1. The molecule has 0 aliphatic carbocycles. The number of aromatic amines is 1. The summed E-state index contributed by atoms with van der Waals surface area (Å²) in [6, 6.07) is 7.25. The zero-order valence-electron chi connectivity index (χ0n) is 8.82. The topological polar surface area (TPSA) is 83.6 Å². The minimum Gasteiger partial charge on any atom is -0.385 e. The number of anilines is 1. The summed E-state index contributed by atoms with van der Waals surface area (Å²) >= 11 is 16.1. The molecule has 8 heteroatoms. The average molecular weight is 306 g/mol. The fraction of sp³-hybridized carbons (Fsp3) is 0.100. The maximum Gasteiger partial charge on any atom is 0.316 e. The second kappa shape index (κ2) is 4.76. The van der Waals surface area contributed by atoms with Crippen LogP contribution in [0, 0.1) is 0 Å². The highest BCUT2D eigenvalue weighted by Gasteiger charge is 2.30. The lowest BCUT2D eigenvalue weighted by molar-refractivity contribution is -0.117. The Kier molecular flexibility index (Phi) is 3.47. The molecule has 0 saturated heterocycles. The smallest absolute Gasteiger partial charge is 0.316 e. The van der Waals surface area contributed by atoms with Gasteiger partial charge >= 0.3 is 5.91 Å². The molecule has 0 unspecified atom stereocenters. The van der Waals surface area contributed by atoms with E-state index in [9.17, 15) is 4.79 Å². The van der Waals surface area contributed by atoms with Crippen LogP contribution in [0.2, 0.25) is 0 Å². The second-order valence-electron chi connectivity index (χ2n) is 3.44. The van der Waals surface area contributed by atoms with Gasteiger partial charge < -0.3 is 10.7 Å². The number of amides is 1. The van der Waals surface area contributed by atoms with Gasteiger partial charge in [-0.1, -0.05) is 59.1 Å². The van der Waals surface area contributed by atoms with E-state index in [1.165, 1.54) is 0 Å². The molecule has 0 atom stereocenters. The highest BCUT2D eigenvalue weighted by atomic mass is 35.6. The van der Waals surface area contributed by atoms with Crippen molar-refractivity contribution < 1.29 is 4.79 Å². The van der Waals surface area contributed by atoms with Crippen LogP contribution in [0.4, 0.5) is 11.6 Å². The van der Waals surface area contributed by atoms with Crippen molar-refractivity contribution in [1.29, 1.82) is 0 Å². The van der Waals surface area contributed by atoms with Gasteiger partial charge in [0.05, 0.1) is 0 Å². The molecule has 94 valence electrons. The number of benzene rings is 1. The third-order valence-electron chi connectivity index (χ3n) is 2.21. The maximum absolute atomic E-state index is 11.3. The molecule has 0 spiro atoms. The molecule has 18 heavy (non-hydrogen) atoms. The van der Waals surface area contributed by atoms with E-state index >= 15 is 0 Å². The summed E-state index contributed by atoms with van der Waals surface area (Å²) in [5, 5.41) is 8.56. The Labute approximate surface area is 117 Å². The summed E-state index contributed by atoms with van der Waals surface area (Å²) in [6.07, 6.45) is 0. The van der Waals surface area contributed by atoms with E-state index in [-0.39, 0.29) is 0 Å². The highest BCUT2D eigenvalue weighted by molar-refractivity contribution is 6.76. The molecule has 0 aliphatic heterocycles. The third kappa shape index (κ3) is 2.58. The van der Waals surface area contributed by atoms with E-state index in [2.05, 4.69) is 15.2 Å². The van der Waals surface area contributed by atoms with Crippen molar-refractivity contribution in [2.75, 3.05) is 5.73 Å². The summed E-state index contributed by atoms with van der Waals surface area (Å²) in [4.78, 5) is 14.1. The van der Waals surface area contributed by atoms with Crippen LogP contribution in [-0.2, 0) is 4.79 Å². The number of H-pyrrole nitrogens is 1. The quantitative estimate of drug-likeness (QED) is 0.621. The Bertz CT molecular complexity index is 630. The predicted molar refractivity (Wildman–Crippen MR) is 72.5 cm³/mol. The van der Waals surface area contributed by atoms with Gasteiger partial charge in [0, 0.05) is 10.8 Å². The first-order chi connectivity index (χ1) is 8.39. The molecule has 2 aromatic rings. The normalized spacial score (nSPS) is 12.4. The van der Waals surface area contributed by atoms with Crippen molar-refractivity contribution in [2.24, 2.45) is 10.2 Å². The van der Waals surface area contributed by atoms with E-state index in [1.807, 2.05) is 18.2 Å². The number of aromatic nitrogens is 1. The molecule has 0 bridgehead atoms. The molecule has 3 N–H and O–H groups in total. The first-order valence-electron chi connectivity index (χ1n) is 4.78. The Hall–Kier alpha value is -1.30. The molecule has 5 nitrogen and oxygen atoms in total. The van der Waals surface area contributed by atoms with E-state index in [1.54, 1.807) is 6.07 Å². The van der Waals surface area contributed by atoms with Crippen LogP contribution < -0.4 is 5.73 Å². The lowest BCUT2D eigenvalue weighted by Crippen LogP contribution is -2.15. The second-order valence-corrected chi connectivity index (χ2v) is 5.72. The van der Waals surface area contributed by atoms with Gasteiger partial charge in [-0.15, -0.1) is 10.2 Å². The molecule has 0 saturated carbocycles. The first kappa shape index (κ1) is 13.1. The van der Waals surface area contributed by atoms with E-state index < -0.39 is 9.70 Å². The summed E-state index contributed by atoms with van der Waals surface area (Å²) in [6.45, 7) is 0. The van der Waals surface area contributed by atoms with Crippen LogP contribution in [0.25, 0.3) is 10.8 Å². The standard InChI is InChI=1S/C10H7Cl3N4O/c11-10(12,13)9(18)17-16-8-6-4-2-1-3-5(6)7(14)15-8/h1-4,15H,14H2. The lowest BCUT2D eigenvalue weighted by Gasteiger charge is -2.01. The number of hydrogen-bond donors (Lipinski definition) is 2. The summed E-state index contributed by atoms with van der Waals surface area (Å²) in [5.41, 5.74) is 5.75. The van der Waals surface area contributed by atoms with Crippen LogP contribution in [0.15, 0.2) is 34.5 Å². The van der Waals surface area contributed by atoms with Crippen LogP contribution in [-0.4, -0.2) is 14.7 Å². The molecular formula is C10H7Cl3N4O. The Morgan fingerprint density at radius 1 is 1.22 bits per heavy atom. The Morgan fingerprint density at radius 3 is 2.44 bits per heavy atom. The van der Waals surface area contributed by atoms with Crippen LogP contribution in [0.3, 0.4) is 0 Å². The number of nitrogens with one attached hydrogen (secondary N) is 1. The number of hydrogen-bond acceptors (Lipinski definition) is 3. The summed E-state index contributed by atoms with van der Waals surface area (Å²) in [5.74, 6) is -0.198. The number of azo groups is 1. The largest absolute Gasteiger partial charge is 0.385 e. The molecule has 0 fully saturated rings. The average Bonchev–Trinajstić information content (AvgIpc) is 2.63. The number of rotatable bonds is 1. The van der Waals surface area contributed by atoms with Crippen molar-refractivity contribution in [2.45, 2.75) is 3.79 Å². The minimum absolute atomic E-state index is 0.339. The van der Waals surface area contributed by atoms with Crippen molar-refractivity contribution in [3.05, 3.63) is 24.3 Å². The maximum atomic E-state index is 11.3. The molecular weight excluding hydrogens is 298 g/mol. The van der Waals surface area contributed by atoms with Gasteiger partial charge in [-0.05, 0) is 0 Å². The molecule has 1 aromatic carbocycles. The zero-order chi connectivity index (χ0) is 13.3. The fourth-order valence-corrected chi connectivity index (χ4v) is 1.53. The first-order valence-corrected chi connectivity index (χ1v) is 5.92. The Morgan fingerprint density at radius 2 is 1.83 bits per heavy atom. The van der Waals surface area contributed by atoms with Crippen LogP contribution in [0.5, 0.6) is 0 Å². The highest BCUT2D eigenvalue weighted by Crippen LogP contribution is 2.32. The van der Waals surface area contributed by atoms with Gasteiger partial charge in [0.2, 0.25) is 0 Å². The number of nitrogens with two attached hydrogens (primary N) is 1. The number of alkyl halides is 3. The summed E-state index contributed by atoms with van der Waals surface area (Å²) in [7, 11) is 0. The number of nitrogens with zero attached hydrogens (tertiary/aromatic N) is 2. The Balaban J connectivity index is 2.39. The molecule has 1 aromatic heterocycles. The van der Waals surface area contributed by atoms with E-state index in [4.69, 9.17) is 40.5 Å². The molecule has 1 heterocycles.